The van der Waals surface area contributed by atoms with Crippen LogP contribution >= 0.6 is 11.6 Å². The van der Waals surface area contributed by atoms with Crippen molar-refractivity contribution in [2.24, 2.45) is 11.8 Å². The Balaban J connectivity index is 1.80. The molecule has 8 nitrogen and oxygen atoms in total. The second-order valence-electron chi connectivity index (χ2n) is 8.77. The van der Waals surface area contributed by atoms with Crippen molar-refractivity contribution in [1.82, 2.24) is 4.90 Å². The van der Waals surface area contributed by atoms with Crippen molar-refractivity contribution in [3.05, 3.63) is 41.9 Å². The Morgan fingerprint density at radius 2 is 2.18 bits per heavy atom. The third-order valence-corrected chi connectivity index (χ3v) is 7.31. The number of halogens is 1. The molecule has 2 bridgehead atoms. The van der Waals surface area contributed by atoms with E-state index in [4.69, 9.17) is 21.1 Å². The number of para-hydroxylation sites is 1. The number of hydrogen-bond donors (Lipinski definition) is 1. The predicted octanol–water partition coefficient (Wildman–Crippen LogP) is 2.18. The van der Waals surface area contributed by atoms with E-state index in [2.05, 4.69) is 6.58 Å². The number of amides is 2. The number of fused-ring (bicyclic) bond motifs is 1. The Labute approximate surface area is 198 Å². The molecule has 1 N–H and O–H groups in total. The van der Waals surface area contributed by atoms with Gasteiger partial charge >= 0.3 is 5.97 Å². The number of likely N-dealkylation sites (tertiary alicyclic amines) is 1. The highest BCUT2D eigenvalue weighted by molar-refractivity contribution is 6.34. The fourth-order valence-electron chi connectivity index (χ4n) is 5.69. The molecule has 0 aromatic heterocycles. The van der Waals surface area contributed by atoms with Crippen molar-refractivity contribution < 1.29 is 29.0 Å². The molecule has 4 rings (SSSR count). The molecule has 3 aliphatic heterocycles. The fourth-order valence-corrected chi connectivity index (χ4v) is 5.93. The lowest BCUT2D eigenvalue weighted by atomic mass is 9.70. The van der Waals surface area contributed by atoms with E-state index < -0.39 is 41.6 Å². The minimum atomic E-state index is -1.17. The molecule has 3 aliphatic rings. The summed E-state index contributed by atoms with van der Waals surface area (Å²) < 4.78 is 11.6. The first-order valence-corrected chi connectivity index (χ1v) is 11.6. The van der Waals surface area contributed by atoms with Crippen molar-refractivity contribution in [1.29, 1.82) is 0 Å². The summed E-state index contributed by atoms with van der Waals surface area (Å²) in [7, 11) is 0. The zero-order valence-corrected chi connectivity index (χ0v) is 19.5. The Morgan fingerprint density at radius 1 is 1.45 bits per heavy atom. The maximum Gasteiger partial charge on any atom is 0.312 e. The van der Waals surface area contributed by atoms with E-state index in [0.29, 0.717) is 23.6 Å². The number of nitrogens with zero attached hydrogens (tertiary/aromatic N) is 2. The number of aliphatic hydroxyl groups is 1. The van der Waals surface area contributed by atoms with Crippen molar-refractivity contribution in [3.63, 3.8) is 0 Å². The van der Waals surface area contributed by atoms with Crippen LogP contribution in [0.5, 0.6) is 0 Å². The van der Waals surface area contributed by atoms with Gasteiger partial charge in [-0.25, -0.2) is 0 Å². The van der Waals surface area contributed by atoms with E-state index in [1.807, 2.05) is 0 Å². The molecule has 3 saturated heterocycles. The number of benzene rings is 1. The lowest BCUT2D eigenvalue weighted by molar-refractivity contribution is -0.155. The van der Waals surface area contributed by atoms with Crippen LogP contribution in [0.2, 0.25) is 5.02 Å². The molecule has 2 amide bonds. The summed E-state index contributed by atoms with van der Waals surface area (Å²) in [5, 5.41) is 10.3. The maximum atomic E-state index is 14.1. The number of carbonyl (C=O) groups is 3. The van der Waals surface area contributed by atoms with Crippen molar-refractivity contribution in [2.75, 3.05) is 24.7 Å². The van der Waals surface area contributed by atoms with Crippen LogP contribution in [-0.2, 0) is 23.9 Å². The third-order valence-electron chi connectivity index (χ3n) is 6.99. The average molecular weight is 477 g/mol. The first kappa shape index (κ1) is 23.7. The fraction of sp³-hybridized carbons (Fsp3) is 0.542. The smallest absolute Gasteiger partial charge is 0.312 e. The number of ether oxygens (including phenoxy) is 2. The summed E-state index contributed by atoms with van der Waals surface area (Å²) in [6, 6.07) is 5.29. The molecule has 6 atom stereocenters. The summed E-state index contributed by atoms with van der Waals surface area (Å²) in [5.41, 5.74) is -0.678. The highest BCUT2D eigenvalue weighted by Gasteiger charge is 2.75. The molecule has 3 fully saturated rings. The molecule has 0 saturated carbocycles. The summed E-state index contributed by atoms with van der Waals surface area (Å²) in [6.07, 6.45) is 2.11. The molecule has 178 valence electrons. The van der Waals surface area contributed by atoms with E-state index in [1.54, 1.807) is 44.2 Å². The summed E-state index contributed by atoms with van der Waals surface area (Å²) >= 11 is 6.41. The molecule has 1 aromatic rings. The maximum absolute atomic E-state index is 14.1. The zero-order valence-electron chi connectivity index (χ0n) is 18.8. The number of aliphatic hydroxyl groups excluding tert-OH is 1. The van der Waals surface area contributed by atoms with Crippen LogP contribution in [0.4, 0.5) is 5.69 Å². The minimum absolute atomic E-state index is 0.167. The molecule has 1 spiro atoms. The first-order valence-electron chi connectivity index (χ1n) is 11.3. The zero-order chi connectivity index (χ0) is 23.9. The van der Waals surface area contributed by atoms with Crippen molar-refractivity contribution >= 4 is 35.1 Å². The van der Waals surface area contributed by atoms with Gasteiger partial charge in [0.15, 0.2) is 0 Å². The summed E-state index contributed by atoms with van der Waals surface area (Å²) in [6.45, 7) is 7.18. The van der Waals surface area contributed by atoms with E-state index >= 15 is 0 Å². The van der Waals surface area contributed by atoms with Crippen molar-refractivity contribution in [3.8, 4) is 0 Å². The van der Waals surface area contributed by atoms with Gasteiger partial charge in [0.25, 0.3) is 5.91 Å². The molecule has 1 aromatic carbocycles. The van der Waals surface area contributed by atoms with Crippen LogP contribution in [0.15, 0.2) is 36.9 Å². The van der Waals surface area contributed by atoms with Gasteiger partial charge < -0.3 is 24.4 Å². The van der Waals surface area contributed by atoms with Gasteiger partial charge in [-0.05, 0) is 38.8 Å². The van der Waals surface area contributed by atoms with Crippen LogP contribution < -0.4 is 4.90 Å². The minimum Gasteiger partial charge on any atom is -0.466 e. The van der Waals surface area contributed by atoms with Crippen LogP contribution in [0.25, 0.3) is 0 Å². The Kier molecular flexibility index (Phi) is 6.53. The Hall–Kier alpha value is -2.42. The highest BCUT2D eigenvalue weighted by Crippen LogP contribution is 2.59. The number of anilines is 1. The number of carbonyl (C=O) groups excluding carboxylic acids is 3. The molecule has 0 aliphatic carbocycles. The molecular weight excluding hydrogens is 448 g/mol. The second-order valence-corrected chi connectivity index (χ2v) is 9.18. The van der Waals surface area contributed by atoms with Gasteiger partial charge in [0, 0.05) is 6.54 Å². The van der Waals surface area contributed by atoms with Gasteiger partial charge in [-0.2, -0.15) is 0 Å². The number of esters is 1. The lowest BCUT2D eigenvalue weighted by Crippen LogP contribution is -2.58. The normalized spacial score (nSPS) is 30.8. The van der Waals surface area contributed by atoms with Crippen LogP contribution in [0.3, 0.4) is 0 Å². The standard InChI is InChI=1S/C24H29ClN2O6/c1-4-12-26(16-9-7-6-8-15(16)25)22(30)20-24-11-10-17(33-24)18(23(31)32-5-2)19(24)21(29)27(20)14(3)13-28/h4,6-9,14,17-20,28H,1,5,10-13H2,2-3H3/t14-,17-,18+,19+,20-,24+/m1/s1. The molecular formula is C24H29ClN2O6. The molecule has 33 heavy (non-hydrogen) atoms. The van der Waals surface area contributed by atoms with Gasteiger partial charge in [-0.1, -0.05) is 29.8 Å². The summed E-state index contributed by atoms with van der Waals surface area (Å²) in [4.78, 5) is 43.5. The van der Waals surface area contributed by atoms with Crippen LogP contribution in [-0.4, -0.2) is 71.3 Å². The topological polar surface area (TPSA) is 96.4 Å². The second kappa shape index (κ2) is 9.08. The predicted molar refractivity (Wildman–Crippen MR) is 122 cm³/mol. The van der Waals surface area contributed by atoms with Crippen molar-refractivity contribution in [2.45, 2.75) is 50.5 Å². The molecule has 0 radical (unpaired) electrons. The average Bonchev–Trinajstić information content (AvgIpc) is 3.44. The van der Waals surface area contributed by atoms with E-state index in [0.717, 1.165) is 0 Å². The van der Waals surface area contributed by atoms with Gasteiger partial charge in [-0.3, -0.25) is 14.4 Å². The SMILES string of the molecule is C=CCN(C(=O)[C@H]1N([C@H](C)CO)C(=O)[C@@H]2[C@@H](C(=O)OCC)[C@H]3CC[C@]21O3)c1ccccc1Cl. The molecule has 3 heterocycles. The number of hydrogen-bond acceptors (Lipinski definition) is 6. The molecule has 9 heteroatoms. The lowest BCUT2D eigenvalue weighted by Gasteiger charge is -2.38. The van der Waals surface area contributed by atoms with Gasteiger partial charge in [0.1, 0.15) is 11.6 Å². The van der Waals surface area contributed by atoms with Gasteiger partial charge in [0.2, 0.25) is 5.91 Å². The first-order chi connectivity index (χ1) is 15.8. The summed E-state index contributed by atoms with van der Waals surface area (Å²) in [5.74, 6) is -2.85. The number of rotatable bonds is 8. The third kappa shape index (κ3) is 3.55. The van der Waals surface area contributed by atoms with Gasteiger partial charge in [-0.15, -0.1) is 6.58 Å². The van der Waals surface area contributed by atoms with E-state index in [1.165, 1.54) is 9.80 Å². The highest BCUT2D eigenvalue weighted by atomic mass is 35.5. The van der Waals surface area contributed by atoms with Crippen LogP contribution in [0, 0.1) is 11.8 Å². The molecule has 0 unspecified atom stereocenters. The Morgan fingerprint density at radius 3 is 2.82 bits per heavy atom. The quantitative estimate of drug-likeness (QED) is 0.456. The van der Waals surface area contributed by atoms with Gasteiger partial charge in [0.05, 0.1) is 47.9 Å². The van der Waals surface area contributed by atoms with E-state index in [9.17, 15) is 19.5 Å². The largest absolute Gasteiger partial charge is 0.466 e. The van der Waals surface area contributed by atoms with E-state index in [-0.39, 0.29) is 31.6 Å². The Bertz CT molecular complexity index is 970. The van der Waals surface area contributed by atoms with Crippen LogP contribution in [0.1, 0.15) is 26.7 Å². The monoisotopic (exact) mass is 476 g/mol.